The predicted octanol–water partition coefficient (Wildman–Crippen LogP) is 1.98. The summed E-state index contributed by atoms with van der Waals surface area (Å²) in [4.78, 5) is 10.7. The van der Waals surface area contributed by atoms with Gasteiger partial charge in [-0.25, -0.2) is 0 Å². The van der Waals surface area contributed by atoms with E-state index in [0.29, 0.717) is 6.54 Å². The second-order valence-corrected chi connectivity index (χ2v) is 3.64. The van der Waals surface area contributed by atoms with Crippen molar-refractivity contribution in [2.75, 3.05) is 6.54 Å². The van der Waals surface area contributed by atoms with Crippen LogP contribution in [0.3, 0.4) is 0 Å². The molecule has 3 N–H and O–H groups in total. The van der Waals surface area contributed by atoms with Crippen LogP contribution in [0.1, 0.15) is 30.7 Å². The fourth-order valence-electron chi connectivity index (χ4n) is 1.69. The Hall–Kier alpha value is -1.35. The number of hydrogen-bond acceptors (Lipinski definition) is 2. The van der Waals surface area contributed by atoms with E-state index in [1.165, 1.54) is 0 Å². The molecule has 3 heteroatoms. The Morgan fingerprint density at radius 3 is 2.53 bits per heavy atom. The standard InChI is InChI=1S/C12H17NO2/c13-8-4-7-11(9-12(14)15)10-5-2-1-3-6-10/h1-3,5-6,11H,4,7-9,13H2,(H,14,15)/t11-/m0/s1. The van der Waals surface area contributed by atoms with Gasteiger partial charge in [-0.15, -0.1) is 0 Å². The van der Waals surface area contributed by atoms with Gasteiger partial charge in [0.2, 0.25) is 0 Å². The van der Waals surface area contributed by atoms with Crippen LogP contribution in [0.15, 0.2) is 30.3 Å². The van der Waals surface area contributed by atoms with Crippen LogP contribution < -0.4 is 5.73 Å². The molecule has 15 heavy (non-hydrogen) atoms. The fourth-order valence-corrected chi connectivity index (χ4v) is 1.69. The highest BCUT2D eigenvalue weighted by atomic mass is 16.4. The van der Waals surface area contributed by atoms with Gasteiger partial charge in [-0.2, -0.15) is 0 Å². The zero-order valence-electron chi connectivity index (χ0n) is 8.73. The summed E-state index contributed by atoms with van der Waals surface area (Å²) in [5.74, 6) is -0.659. The van der Waals surface area contributed by atoms with E-state index in [9.17, 15) is 4.79 Å². The maximum absolute atomic E-state index is 10.7. The summed E-state index contributed by atoms with van der Waals surface area (Å²) in [7, 11) is 0. The Morgan fingerprint density at radius 2 is 2.00 bits per heavy atom. The molecule has 0 spiro atoms. The summed E-state index contributed by atoms with van der Waals surface area (Å²) in [6, 6.07) is 9.76. The number of carbonyl (C=O) groups is 1. The Balaban J connectivity index is 2.67. The summed E-state index contributed by atoms with van der Waals surface area (Å²) in [6.45, 7) is 0.614. The molecule has 0 saturated carbocycles. The van der Waals surface area contributed by atoms with Gasteiger partial charge in [0.1, 0.15) is 0 Å². The molecule has 1 rings (SSSR count). The molecule has 0 heterocycles. The van der Waals surface area contributed by atoms with Gasteiger partial charge < -0.3 is 10.8 Å². The third-order valence-electron chi connectivity index (χ3n) is 2.45. The molecule has 0 aliphatic carbocycles. The minimum atomic E-state index is -0.749. The molecule has 0 aliphatic heterocycles. The Labute approximate surface area is 89.9 Å². The highest BCUT2D eigenvalue weighted by molar-refractivity contribution is 5.68. The first-order valence-electron chi connectivity index (χ1n) is 5.21. The van der Waals surface area contributed by atoms with E-state index in [-0.39, 0.29) is 12.3 Å². The number of rotatable bonds is 6. The van der Waals surface area contributed by atoms with Gasteiger partial charge in [0.25, 0.3) is 0 Å². The van der Waals surface area contributed by atoms with Crippen LogP contribution in [0.4, 0.5) is 0 Å². The Bertz CT molecular complexity index is 298. The third kappa shape index (κ3) is 4.13. The molecule has 0 aliphatic rings. The van der Waals surface area contributed by atoms with E-state index in [4.69, 9.17) is 10.8 Å². The van der Waals surface area contributed by atoms with E-state index in [1.54, 1.807) is 0 Å². The lowest BCUT2D eigenvalue weighted by molar-refractivity contribution is -0.137. The van der Waals surface area contributed by atoms with Crippen LogP contribution >= 0.6 is 0 Å². The second-order valence-electron chi connectivity index (χ2n) is 3.64. The average molecular weight is 207 g/mol. The lowest BCUT2D eigenvalue weighted by Crippen LogP contribution is -2.09. The molecular formula is C12H17NO2. The van der Waals surface area contributed by atoms with Crippen molar-refractivity contribution in [3.8, 4) is 0 Å². The van der Waals surface area contributed by atoms with Crippen LogP contribution in [0, 0.1) is 0 Å². The molecule has 3 nitrogen and oxygen atoms in total. The zero-order chi connectivity index (χ0) is 11.1. The second kappa shape index (κ2) is 6.19. The van der Waals surface area contributed by atoms with Crippen molar-refractivity contribution in [1.29, 1.82) is 0 Å². The molecule has 0 amide bonds. The van der Waals surface area contributed by atoms with Gasteiger partial charge in [-0.1, -0.05) is 30.3 Å². The maximum atomic E-state index is 10.7. The van der Waals surface area contributed by atoms with Crippen molar-refractivity contribution in [3.05, 3.63) is 35.9 Å². The van der Waals surface area contributed by atoms with Crippen LogP contribution in [0.5, 0.6) is 0 Å². The van der Waals surface area contributed by atoms with Gasteiger partial charge in [-0.05, 0) is 30.9 Å². The van der Waals surface area contributed by atoms with E-state index in [2.05, 4.69) is 0 Å². The molecule has 0 aromatic heterocycles. The van der Waals surface area contributed by atoms with Crippen molar-refractivity contribution in [1.82, 2.24) is 0 Å². The van der Waals surface area contributed by atoms with Gasteiger partial charge in [0.15, 0.2) is 0 Å². The SMILES string of the molecule is NCCC[C@@H](CC(=O)O)c1ccccc1. The van der Waals surface area contributed by atoms with Crippen molar-refractivity contribution < 1.29 is 9.90 Å². The van der Waals surface area contributed by atoms with E-state index in [0.717, 1.165) is 18.4 Å². The van der Waals surface area contributed by atoms with Gasteiger partial charge in [0, 0.05) is 0 Å². The first-order chi connectivity index (χ1) is 7.24. The number of hydrogen-bond donors (Lipinski definition) is 2. The van der Waals surface area contributed by atoms with Crippen LogP contribution in [0.2, 0.25) is 0 Å². The van der Waals surface area contributed by atoms with Crippen LogP contribution in [0.25, 0.3) is 0 Å². The summed E-state index contributed by atoms with van der Waals surface area (Å²) >= 11 is 0. The molecule has 0 bridgehead atoms. The summed E-state index contributed by atoms with van der Waals surface area (Å²) < 4.78 is 0. The molecule has 1 aromatic carbocycles. The smallest absolute Gasteiger partial charge is 0.303 e. The van der Waals surface area contributed by atoms with Crippen molar-refractivity contribution >= 4 is 5.97 Å². The molecular weight excluding hydrogens is 190 g/mol. The number of aliphatic carboxylic acids is 1. The van der Waals surface area contributed by atoms with E-state index < -0.39 is 5.97 Å². The monoisotopic (exact) mass is 207 g/mol. The minimum absolute atomic E-state index is 0.0900. The van der Waals surface area contributed by atoms with E-state index >= 15 is 0 Å². The van der Waals surface area contributed by atoms with Crippen LogP contribution in [-0.2, 0) is 4.79 Å². The Morgan fingerprint density at radius 1 is 1.33 bits per heavy atom. The lowest BCUT2D eigenvalue weighted by Gasteiger charge is -2.14. The predicted molar refractivity (Wildman–Crippen MR) is 59.7 cm³/mol. The first-order valence-corrected chi connectivity index (χ1v) is 5.21. The molecule has 0 saturated heterocycles. The van der Waals surface area contributed by atoms with Crippen molar-refractivity contribution in [2.24, 2.45) is 5.73 Å². The number of benzene rings is 1. The first kappa shape index (κ1) is 11.7. The molecule has 0 fully saturated rings. The maximum Gasteiger partial charge on any atom is 0.303 e. The Kier molecular flexibility index (Phi) is 4.84. The van der Waals surface area contributed by atoms with Gasteiger partial charge in [-0.3, -0.25) is 4.79 Å². The molecule has 0 radical (unpaired) electrons. The van der Waals surface area contributed by atoms with Crippen molar-refractivity contribution in [3.63, 3.8) is 0 Å². The lowest BCUT2D eigenvalue weighted by atomic mass is 9.91. The number of nitrogens with two attached hydrogens (primary N) is 1. The molecule has 1 aromatic rings. The van der Waals surface area contributed by atoms with Gasteiger partial charge in [0.05, 0.1) is 6.42 Å². The van der Waals surface area contributed by atoms with Gasteiger partial charge >= 0.3 is 5.97 Å². The quantitative estimate of drug-likeness (QED) is 0.749. The fraction of sp³-hybridized carbons (Fsp3) is 0.417. The molecule has 82 valence electrons. The number of carboxylic acids is 1. The highest BCUT2D eigenvalue weighted by Gasteiger charge is 2.14. The zero-order valence-corrected chi connectivity index (χ0v) is 8.73. The molecule has 0 unspecified atom stereocenters. The average Bonchev–Trinajstić information content (AvgIpc) is 2.25. The normalized spacial score (nSPS) is 12.3. The van der Waals surface area contributed by atoms with Crippen molar-refractivity contribution in [2.45, 2.75) is 25.2 Å². The summed E-state index contributed by atoms with van der Waals surface area (Å²) in [5, 5.41) is 8.81. The van der Waals surface area contributed by atoms with E-state index in [1.807, 2.05) is 30.3 Å². The number of carboxylic acid groups (broad SMARTS) is 1. The molecule has 1 atom stereocenters. The summed E-state index contributed by atoms with van der Waals surface area (Å²) in [6.07, 6.45) is 1.89. The minimum Gasteiger partial charge on any atom is -0.481 e. The highest BCUT2D eigenvalue weighted by Crippen LogP contribution is 2.24. The largest absolute Gasteiger partial charge is 0.481 e. The topological polar surface area (TPSA) is 63.3 Å². The summed E-state index contributed by atoms with van der Waals surface area (Å²) in [5.41, 5.74) is 6.53. The third-order valence-corrected chi connectivity index (χ3v) is 2.45. The van der Waals surface area contributed by atoms with Crippen LogP contribution in [-0.4, -0.2) is 17.6 Å².